The van der Waals surface area contributed by atoms with Gasteiger partial charge in [0.05, 0.1) is 5.92 Å². The average molecular weight is 321 g/mol. The van der Waals surface area contributed by atoms with E-state index in [9.17, 15) is 18.0 Å². The molecule has 1 fully saturated rings. The summed E-state index contributed by atoms with van der Waals surface area (Å²) < 4.78 is 38.9. The van der Waals surface area contributed by atoms with E-state index in [-0.39, 0.29) is 17.0 Å². The van der Waals surface area contributed by atoms with Crippen molar-refractivity contribution in [3.05, 3.63) is 28.8 Å². The molecule has 2 unspecified atom stereocenters. The van der Waals surface area contributed by atoms with Gasteiger partial charge in [0.2, 0.25) is 0 Å². The van der Waals surface area contributed by atoms with E-state index in [1.807, 2.05) is 0 Å². The van der Waals surface area contributed by atoms with E-state index >= 15 is 0 Å². The lowest BCUT2D eigenvalue weighted by atomic mass is 9.84. The Morgan fingerprint density at radius 3 is 2.52 bits per heavy atom. The molecule has 0 aromatic heterocycles. The molecule has 0 heterocycles. The van der Waals surface area contributed by atoms with Crippen LogP contribution < -0.4 is 11.1 Å². The number of carbonyl (C=O) groups excluding carboxylic acids is 1. The van der Waals surface area contributed by atoms with Crippen molar-refractivity contribution in [2.45, 2.75) is 37.9 Å². The predicted octanol–water partition coefficient (Wildman–Crippen LogP) is 3.77. The zero-order valence-corrected chi connectivity index (χ0v) is 12.0. The Morgan fingerprint density at radius 2 is 1.90 bits per heavy atom. The van der Waals surface area contributed by atoms with Gasteiger partial charge in [-0.2, -0.15) is 13.2 Å². The molecule has 1 aliphatic rings. The van der Waals surface area contributed by atoms with E-state index in [1.165, 1.54) is 18.2 Å². The van der Waals surface area contributed by atoms with Gasteiger partial charge in [-0.25, -0.2) is 0 Å². The predicted molar refractivity (Wildman–Crippen MR) is 75.1 cm³/mol. The maximum atomic E-state index is 13.0. The van der Waals surface area contributed by atoms with E-state index in [2.05, 4.69) is 5.32 Å². The maximum absolute atomic E-state index is 13.0. The smallest absolute Gasteiger partial charge is 0.393 e. The molecule has 3 N–H and O–H groups in total. The fraction of sp³-hybridized carbons (Fsp3) is 0.500. The number of benzene rings is 1. The molecule has 2 atom stereocenters. The first-order valence-electron chi connectivity index (χ1n) is 6.71. The largest absolute Gasteiger partial charge is 0.399 e. The van der Waals surface area contributed by atoms with Gasteiger partial charge < -0.3 is 11.1 Å². The van der Waals surface area contributed by atoms with Gasteiger partial charge >= 0.3 is 6.18 Å². The molecule has 1 aromatic carbocycles. The molecule has 1 amide bonds. The van der Waals surface area contributed by atoms with Crippen LogP contribution in [-0.4, -0.2) is 18.1 Å². The van der Waals surface area contributed by atoms with Crippen molar-refractivity contribution >= 4 is 23.2 Å². The first-order chi connectivity index (χ1) is 9.77. The number of anilines is 1. The lowest BCUT2D eigenvalue weighted by molar-refractivity contribution is -0.187. The fourth-order valence-electron chi connectivity index (χ4n) is 2.69. The van der Waals surface area contributed by atoms with Gasteiger partial charge in [-0.05, 0) is 31.0 Å². The maximum Gasteiger partial charge on any atom is 0.393 e. The second-order valence-electron chi connectivity index (χ2n) is 5.29. The van der Waals surface area contributed by atoms with Crippen LogP contribution in [0.5, 0.6) is 0 Å². The number of amides is 1. The van der Waals surface area contributed by atoms with Gasteiger partial charge in [-0.15, -0.1) is 0 Å². The van der Waals surface area contributed by atoms with Crippen LogP contribution in [0.15, 0.2) is 18.2 Å². The highest BCUT2D eigenvalue weighted by molar-refractivity contribution is 6.31. The van der Waals surface area contributed by atoms with Crippen LogP contribution >= 0.6 is 11.6 Å². The van der Waals surface area contributed by atoms with Crippen molar-refractivity contribution in [1.82, 2.24) is 5.32 Å². The Kier molecular flexibility index (Phi) is 4.66. The third-order valence-corrected chi connectivity index (χ3v) is 3.90. The molecule has 1 saturated carbocycles. The number of nitrogens with two attached hydrogens (primary N) is 1. The quantitative estimate of drug-likeness (QED) is 0.815. The van der Waals surface area contributed by atoms with Crippen molar-refractivity contribution in [2.75, 3.05) is 5.73 Å². The summed E-state index contributed by atoms with van der Waals surface area (Å²) in [7, 11) is 0. The third kappa shape index (κ3) is 4.03. The highest BCUT2D eigenvalue weighted by Crippen LogP contribution is 2.37. The summed E-state index contributed by atoms with van der Waals surface area (Å²) in [6.45, 7) is 0. The number of nitrogen functional groups attached to an aromatic ring is 1. The van der Waals surface area contributed by atoms with Gasteiger partial charge in [0.15, 0.2) is 0 Å². The Balaban J connectivity index is 2.13. The van der Waals surface area contributed by atoms with Crippen LogP contribution in [0.2, 0.25) is 5.02 Å². The molecule has 7 heteroatoms. The number of nitrogens with one attached hydrogen (secondary N) is 1. The first-order valence-corrected chi connectivity index (χ1v) is 7.09. The molecule has 2 rings (SSSR count). The Bertz CT molecular complexity index is 513. The summed E-state index contributed by atoms with van der Waals surface area (Å²) in [4.78, 5) is 12.1. The Morgan fingerprint density at radius 1 is 1.24 bits per heavy atom. The van der Waals surface area contributed by atoms with Crippen molar-refractivity contribution in [3.8, 4) is 0 Å². The van der Waals surface area contributed by atoms with Crippen LogP contribution in [0.3, 0.4) is 0 Å². The third-order valence-electron chi connectivity index (χ3n) is 3.69. The number of alkyl halides is 3. The molecule has 0 aliphatic heterocycles. The molecule has 21 heavy (non-hydrogen) atoms. The molecule has 3 nitrogen and oxygen atoms in total. The zero-order valence-electron chi connectivity index (χ0n) is 11.2. The lowest BCUT2D eigenvalue weighted by Crippen LogP contribution is -2.47. The minimum atomic E-state index is -4.30. The summed E-state index contributed by atoms with van der Waals surface area (Å²) in [6, 6.07) is 3.36. The highest BCUT2D eigenvalue weighted by atomic mass is 35.5. The van der Waals surface area contributed by atoms with Gasteiger partial charge in [0.25, 0.3) is 5.91 Å². The number of halogens is 4. The average Bonchev–Trinajstić information content (AvgIpc) is 2.37. The lowest BCUT2D eigenvalue weighted by Gasteiger charge is -2.33. The van der Waals surface area contributed by atoms with Crippen LogP contribution in [0.1, 0.15) is 36.0 Å². The minimum absolute atomic E-state index is 0.0477. The first kappa shape index (κ1) is 15.9. The Labute approximate surface area is 125 Å². The molecule has 0 radical (unpaired) electrons. The van der Waals surface area contributed by atoms with Gasteiger partial charge in [0, 0.05) is 22.3 Å². The van der Waals surface area contributed by atoms with E-state index < -0.39 is 24.0 Å². The van der Waals surface area contributed by atoms with Crippen molar-refractivity contribution in [1.29, 1.82) is 0 Å². The van der Waals surface area contributed by atoms with E-state index in [1.54, 1.807) is 0 Å². The summed E-state index contributed by atoms with van der Waals surface area (Å²) in [6.07, 6.45) is -2.72. The minimum Gasteiger partial charge on any atom is -0.399 e. The summed E-state index contributed by atoms with van der Waals surface area (Å²) in [5.74, 6) is -2.07. The van der Waals surface area contributed by atoms with E-state index in [0.29, 0.717) is 24.9 Å². The monoisotopic (exact) mass is 320 g/mol. The van der Waals surface area contributed by atoms with Crippen LogP contribution in [0.25, 0.3) is 0 Å². The van der Waals surface area contributed by atoms with Crippen molar-refractivity contribution < 1.29 is 18.0 Å². The second kappa shape index (κ2) is 6.13. The second-order valence-corrected chi connectivity index (χ2v) is 5.72. The van der Waals surface area contributed by atoms with Crippen molar-refractivity contribution in [3.63, 3.8) is 0 Å². The van der Waals surface area contributed by atoms with Crippen LogP contribution in [0.4, 0.5) is 18.9 Å². The van der Waals surface area contributed by atoms with E-state index in [0.717, 1.165) is 0 Å². The molecule has 0 spiro atoms. The number of hydrogen-bond acceptors (Lipinski definition) is 2. The SMILES string of the molecule is Nc1cc(Cl)cc(C(=O)NC2CCCCC2C(F)(F)F)c1. The van der Waals surface area contributed by atoms with Gasteiger partial charge in [-0.3, -0.25) is 4.79 Å². The number of carbonyl (C=O) groups is 1. The molecular weight excluding hydrogens is 305 g/mol. The fourth-order valence-corrected chi connectivity index (χ4v) is 2.93. The van der Waals surface area contributed by atoms with E-state index in [4.69, 9.17) is 17.3 Å². The number of rotatable bonds is 2. The summed E-state index contributed by atoms with van der Waals surface area (Å²) >= 11 is 5.80. The van der Waals surface area contributed by atoms with Gasteiger partial charge in [0.1, 0.15) is 0 Å². The van der Waals surface area contributed by atoms with Crippen LogP contribution in [-0.2, 0) is 0 Å². The molecule has 1 aliphatic carbocycles. The summed E-state index contributed by atoms with van der Waals surface area (Å²) in [5, 5.41) is 2.75. The zero-order chi connectivity index (χ0) is 15.6. The highest BCUT2D eigenvalue weighted by Gasteiger charge is 2.45. The summed E-state index contributed by atoms with van der Waals surface area (Å²) in [5.41, 5.74) is 6.05. The Hall–Kier alpha value is -1.43. The number of hydrogen-bond donors (Lipinski definition) is 2. The van der Waals surface area contributed by atoms with Gasteiger partial charge in [-0.1, -0.05) is 24.4 Å². The normalized spacial score (nSPS) is 22.9. The molecular formula is C14H16ClF3N2O. The topological polar surface area (TPSA) is 55.1 Å². The standard InChI is InChI=1S/C14H16ClF3N2O/c15-9-5-8(6-10(19)7-9)13(21)20-12-4-2-1-3-11(12)14(16,17)18/h5-7,11-12H,1-4,19H2,(H,20,21). The van der Waals surface area contributed by atoms with Crippen LogP contribution in [0, 0.1) is 5.92 Å². The molecule has 0 bridgehead atoms. The molecule has 116 valence electrons. The van der Waals surface area contributed by atoms with Crippen molar-refractivity contribution in [2.24, 2.45) is 5.92 Å². The molecule has 1 aromatic rings. The molecule has 0 saturated heterocycles.